The standard InChI is InChI=1S/2C5H14N.C4H6O2.ClH.H2O/c2*1-5-6(2,3)4;1-3(2)4(5)6;;/h2*5H2,1-4H3;1H2,2H3,(H,5,6);1H;1H2/q2*+1;;;/p-2. The third-order valence-corrected chi connectivity index (χ3v) is 2.25. The van der Waals surface area contributed by atoms with E-state index in [1.165, 1.54) is 20.0 Å². The van der Waals surface area contributed by atoms with Gasteiger partial charge in [-0.3, -0.25) is 0 Å². The van der Waals surface area contributed by atoms with E-state index >= 15 is 0 Å². The lowest BCUT2D eigenvalue weighted by atomic mass is 10.4. The van der Waals surface area contributed by atoms with E-state index in [9.17, 15) is 9.90 Å². The van der Waals surface area contributed by atoms with Gasteiger partial charge in [-0.25, -0.2) is 0 Å². The van der Waals surface area contributed by atoms with Crippen LogP contribution >= 0.6 is 0 Å². The summed E-state index contributed by atoms with van der Waals surface area (Å²) < 4.78 is 2.14. The lowest BCUT2D eigenvalue weighted by Crippen LogP contribution is -3.00. The van der Waals surface area contributed by atoms with Crippen LogP contribution in [-0.4, -0.2) is 75.8 Å². The normalized spacial score (nSPS) is 9.45. The van der Waals surface area contributed by atoms with E-state index in [-0.39, 0.29) is 23.5 Å². The van der Waals surface area contributed by atoms with E-state index in [2.05, 4.69) is 62.7 Å². The molecule has 0 fully saturated rings. The van der Waals surface area contributed by atoms with Crippen LogP contribution in [0.1, 0.15) is 20.8 Å². The minimum atomic E-state index is -1.19. The molecule has 0 spiro atoms. The molecule has 2 N–H and O–H groups in total. The number of carbonyl (C=O) groups excluding carboxylic acids is 1. The highest BCUT2D eigenvalue weighted by atomic mass is 35.5. The van der Waals surface area contributed by atoms with Crippen molar-refractivity contribution < 1.29 is 36.8 Å². The van der Waals surface area contributed by atoms with Crippen LogP contribution in [0, 0.1) is 0 Å². The van der Waals surface area contributed by atoms with Crippen LogP contribution in [0.25, 0.3) is 0 Å². The van der Waals surface area contributed by atoms with Crippen molar-refractivity contribution in [2.45, 2.75) is 20.8 Å². The van der Waals surface area contributed by atoms with Gasteiger partial charge in [0, 0.05) is 0 Å². The van der Waals surface area contributed by atoms with Crippen LogP contribution in [0.2, 0.25) is 0 Å². The van der Waals surface area contributed by atoms with Gasteiger partial charge in [-0.2, -0.15) is 0 Å². The second-order valence-corrected chi connectivity index (χ2v) is 6.28. The zero-order valence-corrected chi connectivity index (χ0v) is 15.5. The van der Waals surface area contributed by atoms with Gasteiger partial charge in [0.2, 0.25) is 0 Å². The van der Waals surface area contributed by atoms with Gasteiger partial charge in [0.05, 0.1) is 61.3 Å². The van der Waals surface area contributed by atoms with Crippen molar-refractivity contribution in [2.75, 3.05) is 55.4 Å². The molecule has 0 unspecified atom stereocenters. The van der Waals surface area contributed by atoms with E-state index in [0.29, 0.717) is 0 Å². The van der Waals surface area contributed by atoms with Crippen molar-refractivity contribution in [3.05, 3.63) is 12.2 Å². The van der Waals surface area contributed by atoms with Crippen LogP contribution in [0.4, 0.5) is 0 Å². The Kier molecular flexibility index (Phi) is 23.4. The first kappa shape index (κ1) is 31.7. The fourth-order valence-electron chi connectivity index (χ4n) is 0. The van der Waals surface area contributed by atoms with Gasteiger partial charge in [-0.1, -0.05) is 6.58 Å². The molecule has 0 atom stereocenters. The summed E-state index contributed by atoms with van der Waals surface area (Å²) in [4.78, 5) is 9.49. The summed E-state index contributed by atoms with van der Waals surface area (Å²) in [6.45, 7) is 11.3. The number of carboxylic acids is 1. The topological polar surface area (TPSA) is 71.6 Å². The van der Waals surface area contributed by atoms with Gasteiger partial charge in [0.15, 0.2) is 0 Å². The minimum Gasteiger partial charge on any atom is -1.00 e. The molecule has 0 bridgehead atoms. The van der Waals surface area contributed by atoms with E-state index in [4.69, 9.17) is 0 Å². The van der Waals surface area contributed by atoms with Crippen molar-refractivity contribution in [2.24, 2.45) is 0 Å². The molecular formula is C14H35ClN2O3. The number of hydrogen-bond donors (Lipinski definition) is 0. The fraction of sp³-hybridized carbons (Fsp3) is 0.786. The van der Waals surface area contributed by atoms with Crippen molar-refractivity contribution in [3.63, 3.8) is 0 Å². The molecule has 0 saturated heterocycles. The Morgan fingerprint density at radius 2 is 1.05 bits per heavy atom. The lowest BCUT2D eigenvalue weighted by Gasteiger charge is -2.20. The molecule has 0 aromatic rings. The molecule has 0 radical (unpaired) electrons. The highest BCUT2D eigenvalue weighted by Crippen LogP contribution is 1.84. The summed E-state index contributed by atoms with van der Waals surface area (Å²) in [7, 11) is 13.1. The Balaban J connectivity index is -0.0000000536. The molecular weight excluding hydrogens is 280 g/mol. The first-order valence-corrected chi connectivity index (χ1v) is 6.24. The maximum Gasteiger partial charge on any atom is 0.0751 e. The third kappa shape index (κ3) is 53.0. The number of quaternary nitrogens is 2. The number of aliphatic carboxylic acids is 1. The zero-order chi connectivity index (χ0) is 15.6. The molecule has 5 nitrogen and oxygen atoms in total. The van der Waals surface area contributed by atoms with Crippen molar-refractivity contribution in [1.29, 1.82) is 0 Å². The summed E-state index contributed by atoms with van der Waals surface area (Å²) in [6, 6.07) is 0. The number of hydrogen-bond acceptors (Lipinski definition) is 2. The van der Waals surface area contributed by atoms with Crippen LogP contribution in [-0.2, 0) is 4.79 Å². The van der Waals surface area contributed by atoms with Crippen molar-refractivity contribution >= 4 is 5.97 Å². The van der Waals surface area contributed by atoms with Crippen molar-refractivity contribution in [1.82, 2.24) is 0 Å². The molecule has 0 aromatic heterocycles. The monoisotopic (exact) mass is 314 g/mol. The van der Waals surface area contributed by atoms with Crippen LogP contribution < -0.4 is 17.5 Å². The molecule has 0 aliphatic carbocycles. The Morgan fingerprint density at radius 1 is 0.950 bits per heavy atom. The number of carbonyl (C=O) groups is 1. The number of halogens is 1. The zero-order valence-electron chi connectivity index (χ0n) is 14.7. The lowest BCUT2D eigenvalue weighted by molar-refractivity contribution is -0.868. The predicted molar refractivity (Wildman–Crippen MR) is 80.6 cm³/mol. The van der Waals surface area contributed by atoms with E-state index < -0.39 is 5.97 Å². The van der Waals surface area contributed by atoms with Gasteiger partial charge >= 0.3 is 0 Å². The molecule has 0 aliphatic heterocycles. The molecule has 0 rings (SSSR count). The predicted octanol–water partition coefficient (Wildman–Crippen LogP) is -3.08. The molecule has 20 heavy (non-hydrogen) atoms. The fourth-order valence-corrected chi connectivity index (χ4v) is 0. The van der Waals surface area contributed by atoms with Gasteiger partial charge in [0.1, 0.15) is 0 Å². The van der Waals surface area contributed by atoms with Gasteiger partial charge in [-0.15, -0.1) is 0 Å². The van der Waals surface area contributed by atoms with Crippen LogP contribution in [0.15, 0.2) is 12.2 Å². The molecule has 0 amide bonds. The summed E-state index contributed by atoms with van der Waals surface area (Å²) in [5.74, 6) is -1.19. The second kappa shape index (κ2) is 14.8. The Bertz CT molecular complexity index is 218. The van der Waals surface area contributed by atoms with Crippen molar-refractivity contribution in [3.8, 4) is 0 Å². The van der Waals surface area contributed by atoms with Crippen LogP contribution in [0.5, 0.6) is 0 Å². The maximum absolute atomic E-state index is 9.49. The second-order valence-electron chi connectivity index (χ2n) is 6.28. The number of nitrogens with zero attached hydrogens (tertiary/aromatic N) is 2. The summed E-state index contributed by atoms with van der Waals surface area (Å²) in [5.41, 5.74) is 0.0648. The average Bonchev–Trinajstić information content (AvgIpc) is 2.17. The highest BCUT2D eigenvalue weighted by molar-refractivity contribution is 5.82. The minimum absolute atomic E-state index is 0. The molecule has 6 heteroatoms. The van der Waals surface area contributed by atoms with Gasteiger partial charge < -0.3 is 36.8 Å². The third-order valence-electron chi connectivity index (χ3n) is 2.25. The summed E-state index contributed by atoms with van der Waals surface area (Å²) in [5, 5.41) is 9.49. The van der Waals surface area contributed by atoms with E-state index in [1.54, 1.807) is 0 Å². The molecule has 0 aromatic carbocycles. The quantitative estimate of drug-likeness (QED) is 0.409. The Morgan fingerprint density at radius 3 is 1.05 bits per heavy atom. The van der Waals surface area contributed by atoms with E-state index in [1.807, 2.05) is 0 Å². The molecule has 0 saturated carbocycles. The SMILES string of the molecule is C=C(C)C(=O)[O-].CC[N+](C)(C)C.CC[N+](C)(C)C.O.[Cl-]. The average molecular weight is 315 g/mol. The summed E-state index contributed by atoms with van der Waals surface area (Å²) >= 11 is 0. The molecule has 0 heterocycles. The number of rotatable bonds is 3. The highest BCUT2D eigenvalue weighted by Gasteiger charge is 1.98. The smallest absolute Gasteiger partial charge is 0.0751 e. The van der Waals surface area contributed by atoms with Gasteiger partial charge in [-0.05, 0) is 26.3 Å². The van der Waals surface area contributed by atoms with E-state index in [0.717, 1.165) is 8.97 Å². The first-order chi connectivity index (χ1) is 7.76. The maximum atomic E-state index is 9.49. The molecule has 0 aliphatic rings. The Hall–Kier alpha value is -0.620. The first-order valence-electron chi connectivity index (χ1n) is 6.24. The van der Waals surface area contributed by atoms with Gasteiger partial charge in [0.25, 0.3) is 0 Å². The molecule has 126 valence electrons. The Labute approximate surface area is 131 Å². The largest absolute Gasteiger partial charge is 1.00 e. The summed E-state index contributed by atoms with van der Waals surface area (Å²) in [6.07, 6.45) is 0. The van der Waals surface area contributed by atoms with Crippen LogP contribution in [0.3, 0.4) is 0 Å². The number of carboxylic acid groups (broad SMARTS) is 1.